The molecule has 13 aromatic rings. The predicted octanol–water partition coefficient (Wildman–Crippen LogP) is 22.3. The largest absolute Gasteiger partial charge is 0.497 e. The first-order valence-corrected chi connectivity index (χ1v) is 51.9. The van der Waals surface area contributed by atoms with Gasteiger partial charge in [-0.05, 0) is 256 Å². The molecule has 0 bridgehead atoms. The van der Waals surface area contributed by atoms with Gasteiger partial charge in [0.15, 0.2) is 0 Å². The number of fused-ring (bicyclic) bond motifs is 6. The Morgan fingerprint density at radius 3 is 0.936 bits per heavy atom. The molecular formula is C120H130Br2N6O12S. The normalized spacial score (nSPS) is 17.6. The number of rotatable bonds is 17. The maximum absolute atomic E-state index is 13.4. The number of hydrogen-bond donors (Lipinski definition) is 0. The molecule has 141 heavy (non-hydrogen) atoms. The topological polar surface area (TPSA) is 177 Å². The zero-order chi connectivity index (χ0) is 99.5. The average Bonchev–Trinajstić information content (AvgIpc) is 1.70. The van der Waals surface area contributed by atoms with E-state index in [0.29, 0.717) is 68.3 Å². The first kappa shape index (κ1) is 104. The number of aryl methyl sites for hydroxylation is 1. The monoisotopic (exact) mass is 2040 g/mol. The molecule has 6 atom stereocenters. The van der Waals surface area contributed by atoms with Crippen LogP contribution in [0.25, 0.3) is 0 Å². The van der Waals surface area contributed by atoms with Crippen molar-refractivity contribution in [2.24, 2.45) is 0 Å². The minimum Gasteiger partial charge on any atom is -0.497 e. The number of sulfonamides is 1. The van der Waals surface area contributed by atoms with Crippen molar-refractivity contribution in [2.45, 2.75) is 106 Å². The van der Waals surface area contributed by atoms with Crippen LogP contribution in [-0.4, -0.2) is 194 Å². The van der Waals surface area contributed by atoms with Crippen molar-refractivity contribution in [2.75, 3.05) is 134 Å². The Labute approximate surface area is 850 Å². The molecule has 732 valence electrons. The Hall–Kier alpha value is -12.9. The molecule has 0 N–H and O–H groups in total. The van der Waals surface area contributed by atoms with Crippen molar-refractivity contribution in [1.29, 1.82) is 0 Å². The van der Waals surface area contributed by atoms with E-state index >= 15 is 0 Å². The van der Waals surface area contributed by atoms with Gasteiger partial charge in [0.2, 0.25) is 33.7 Å². The molecule has 0 fully saturated rings. The Morgan fingerprint density at radius 2 is 0.624 bits per heavy atom. The molecular weight excluding hydrogens is 1910 g/mol. The van der Waals surface area contributed by atoms with Crippen LogP contribution in [0.2, 0.25) is 0 Å². The summed E-state index contributed by atoms with van der Waals surface area (Å²) < 4.78 is 62.0. The highest BCUT2D eigenvalue weighted by molar-refractivity contribution is 9.10. The smallest absolute Gasteiger partial charge is 0.245 e. The number of benzene rings is 13. The second-order valence-electron chi connectivity index (χ2n) is 36.4. The lowest BCUT2D eigenvalue weighted by molar-refractivity contribution is -0.131. The fraction of sp³-hybridized carbons (Fsp3) is 0.300. The van der Waals surface area contributed by atoms with Gasteiger partial charge in [-0.25, -0.2) is 8.42 Å². The quantitative estimate of drug-likeness (QED) is 0.0622. The molecule has 13 aromatic carbocycles. The van der Waals surface area contributed by atoms with Crippen LogP contribution < -0.4 is 28.4 Å². The summed E-state index contributed by atoms with van der Waals surface area (Å²) in [4.78, 5) is 59.2. The van der Waals surface area contributed by atoms with E-state index in [1.165, 1.54) is 95.1 Å². The summed E-state index contributed by atoms with van der Waals surface area (Å²) in [7, 11) is 8.79. The molecule has 0 aromatic heterocycles. The third-order valence-corrected chi connectivity index (χ3v) is 30.7. The highest BCUT2D eigenvalue weighted by atomic mass is 79.9. The third kappa shape index (κ3) is 26.7. The lowest BCUT2D eigenvalue weighted by atomic mass is 9.88. The molecule has 6 heterocycles. The van der Waals surface area contributed by atoms with E-state index in [9.17, 15) is 27.6 Å². The summed E-state index contributed by atoms with van der Waals surface area (Å²) in [5.74, 6) is 6.75. The second kappa shape index (κ2) is 50.5. The lowest BCUT2D eigenvalue weighted by Crippen LogP contribution is -2.35. The molecule has 4 amide bonds. The summed E-state index contributed by atoms with van der Waals surface area (Å²) in [6.07, 6.45) is 7.24. The molecule has 18 nitrogen and oxygen atoms in total. The Bertz CT molecular complexity index is 6460. The van der Waals surface area contributed by atoms with Gasteiger partial charge in [0.1, 0.15) is 34.5 Å². The maximum Gasteiger partial charge on any atom is 0.245 e. The van der Waals surface area contributed by atoms with Crippen molar-refractivity contribution < 1.29 is 56.0 Å². The van der Waals surface area contributed by atoms with E-state index in [1.54, 1.807) is 66.0 Å². The second-order valence-corrected chi connectivity index (χ2v) is 39.8. The van der Waals surface area contributed by atoms with Gasteiger partial charge in [-0.15, -0.1) is 0 Å². The van der Waals surface area contributed by atoms with Crippen molar-refractivity contribution in [3.63, 3.8) is 0 Å². The first-order chi connectivity index (χ1) is 68.5. The zero-order valence-corrected chi connectivity index (χ0v) is 86.6. The number of alkyl halides is 1. The molecule has 0 spiro atoms. The summed E-state index contributed by atoms with van der Waals surface area (Å²) in [5, 5.41) is 0.369. The number of ether oxygens (including phenoxy) is 6. The highest BCUT2D eigenvalue weighted by Crippen LogP contribution is 2.42. The number of amides is 4. The third-order valence-electron chi connectivity index (χ3n) is 27.9. The molecule has 0 saturated heterocycles. The van der Waals surface area contributed by atoms with Crippen LogP contribution in [0.4, 0.5) is 0 Å². The first-order valence-electron chi connectivity index (χ1n) is 48.6. The van der Waals surface area contributed by atoms with E-state index in [-0.39, 0.29) is 53.2 Å². The van der Waals surface area contributed by atoms with Crippen molar-refractivity contribution >= 4 is 65.5 Å². The van der Waals surface area contributed by atoms with E-state index < -0.39 is 10.0 Å². The molecule has 0 radical (unpaired) electrons. The standard InChI is InChI=1S/C24H25NO3S.C20H22BrNO2.C20H21NO2.C19H20BrNO2.C19H21NO2.C18H21NO/c1-18-8-12-22(13-9-18)29(26,27)25-15-14-20-10-11-21(28-2)16-23(20)24(17-25)19-6-4-3-5-7-19;1-3-20(23)22-11-10-15-6-9-17(24-2)12-18(15)19(13-22)14-4-7-16(21)8-5-14;1-3-20(22)21-12-11-16-9-10-17(23-2)13-18(16)19(14-21)15-7-5-4-6-8-15;1-23-16-8-7-15-9-10-21(19(22)12-20)13-18(17(15)11-16)14-5-3-2-4-6-14;1-14(21)20-11-10-16-8-9-17(22-2)12-18(16)19(13-20)15-6-4-3-5-7-15;1-19-11-10-15-8-9-16(20-2)12-17(15)18(13-19)14-6-4-3-5-7-14/h3-13,16,24H,14-15,17H2,1-2H3;4-9,12,19H,3,10-11,13H2,1-2H3;3-10,13,19H,1,11-12,14H2,2H3;2-8,11,18H,9-10,12-13H2,1H3;3-9,12,19H,10-11,13H2,1-2H3;3-9,12,18H,10-11,13H2,1-2H3. The molecule has 0 saturated carbocycles. The molecule has 19 rings (SSSR count). The van der Waals surface area contributed by atoms with Crippen LogP contribution in [-0.2, 0) is 67.7 Å². The minimum atomic E-state index is -3.57. The van der Waals surface area contributed by atoms with Gasteiger partial charge in [0, 0.05) is 132 Å². The fourth-order valence-corrected chi connectivity index (χ4v) is 22.0. The summed E-state index contributed by atoms with van der Waals surface area (Å²) in [6.45, 7) is 18.0. The van der Waals surface area contributed by atoms with Gasteiger partial charge in [-0.3, -0.25) is 19.2 Å². The Morgan fingerprint density at radius 1 is 0.348 bits per heavy atom. The van der Waals surface area contributed by atoms with Crippen LogP contribution in [0.15, 0.2) is 331 Å². The molecule has 0 aliphatic carbocycles. The van der Waals surface area contributed by atoms with Crippen LogP contribution in [0.5, 0.6) is 34.5 Å². The van der Waals surface area contributed by atoms with Crippen LogP contribution >= 0.6 is 31.9 Å². The van der Waals surface area contributed by atoms with Gasteiger partial charge in [0.25, 0.3) is 0 Å². The Balaban J connectivity index is 0.000000135. The van der Waals surface area contributed by atoms with Crippen LogP contribution in [0.1, 0.15) is 161 Å². The fourth-order valence-electron chi connectivity index (χ4n) is 19.9. The van der Waals surface area contributed by atoms with Gasteiger partial charge >= 0.3 is 0 Å². The van der Waals surface area contributed by atoms with Crippen LogP contribution in [0.3, 0.4) is 0 Å². The number of likely N-dealkylation sites (N-methyl/N-ethyl adjacent to an activating group) is 1. The van der Waals surface area contributed by atoms with Gasteiger partial charge in [-0.1, -0.05) is 263 Å². The van der Waals surface area contributed by atoms with E-state index in [2.05, 4.69) is 257 Å². The number of halogens is 2. The Kier molecular flexibility index (Phi) is 37.2. The van der Waals surface area contributed by atoms with E-state index in [4.69, 9.17) is 28.4 Å². The van der Waals surface area contributed by atoms with Crippen molar-refractivity contribution in [3.8, 4) is 34.5 Å². The van der Waals surface area contributed by atoms with Gasteiger partial charge in [-0.2, -0.15) is 4.31 Å². The molecule has 21 heteroatoms. The highest BCUT2D eigenvalue weighted by Gasteiger charge is 2.36. The van der Waals surface area contributed by atoms with Gasteiger partial charge in [0.05, 0.1) is 52.9 Å². The molecule has 6 unspecified atom stereocenters. The predicted molar refractivity (Wildman–Crippen MR) is 571 cm³/mol. The summed E-state index contributed by atoms with van der Waals surface area (Å²) in [5.41, 5.74) is 23.8. The van der Waals surface area contributed by atoms with E-state index in [1.807, 2.05) is 124 Å². The number of methoxy groups -OCH3 is 6. The van der Waals surface area contributed by atoms with E-state index in [0.717, 1.165) is 127 Å². The molecule has 6 aliphatic heterocycles. The lowest BCUT2D eigenvalue weighted by Gasteiger charge is -2.25. The number of nitrogens with zero attached hydrogens (tertiary/aromatic N) is 6. The van der Waals surface area contributed by atoms with Crippen molar-refractivity contribution in [1.82, 2.24) is 28.8 Å². The molecule has 6 aliphatic rings. The minimum absolute atomic E-state index is 0.00861. The SMILES string of the molecule is C=CC(=O)N1CCc2ccc(OC)cc2C(c2ccccc2)C1.CCC(=O)N1CCc2ccc(OC)cc2C(c2ccc(Br)cc2)C1.COc1ccc2c(c1)C(c1ccccc1)CN(C(=O)CBr)CC2.COc1ccc2c(c1)C(c1ccccc1)CN(C(C)=O)CC2.COc1ccc2c(c1)C(c1ccccc1)CN(C)CC2.COc1ccc2c(c1)C(c1ccccc1)CN(S(=O)(=O)c1ccc(C)cc1)CC2. The van der Waals surface area contributed by atoms with Gasteiger partial charge < -0.3 is 52.9 Å². The number of carbonyl (C=O) groups excluding carboxylic acids is 4. The number of carbonyl (C=O) groups is 4. The average molecular weight is 2040 g/mol. The summed E-state index contributed by atoms with van der Waals surface area (Å²) in [6, 6.07) is 105. The summed E-state index contributed by atoms with van der Waals surface area (Å²) >= 11 is 6.80. The van der Waals surface area contributed by atoms with Crippen molar-refractivity contribution in [3.05, 3.63) is 432 Å². The zero-order valence-electron chi connectivity index (χ0n) is 82.6. The van der Waals surface area contributed by atoms with Crippen LogP contribution in [0, 0.1) is 6.92 Å². The maximum atomic E-state index is 13.4. The number of hydrogen-bond acceptors (Lipinski definition) is 13.